The molecule has 0 aromatic heterocycles. The maximum Gasteiger partial charge on any atom is 0.312 e. The molecule has 1 heterocycles. The van der Waals surface area contributed by atoms with Crippen LogP contribution in [-0.4, -0.2) is 61.4 Å². The second-order valence-corrected chi connectivity index (χ2v) is 5.12. The molecule has 1 saturated heterocycles. The van der Waals surface area contributed by atoms with Crippen LogP contribution in [0.15, 0.2) is 0 Å². The molecule has 0 spiro atoms. The van der Waals surface area contributed by atoms with Gasteiger partial charge in [0.2, 0.25) is 0 Å². The van der Waals surface area contributed by atoms with Gasteiger partial charge in [-0.05, 0) is 39.8 Å². The van der Waals surface area contributed by atoms with Crippen LogP contribution in [0.4, 0.5) is 0 Å². The van der Waals surface area contributed by atoms with E-state index in [0.717, 1.165) is 38.8 Å². The fourth-order valence-electron chi connectivity index (χ4n) is 2.29. The maximum atomic E-state index is 12.0. The van der Waals surface area contributed by atoms with Crippen LogP contribution in [-0.2, 0) is 9.59 Å². The van der Waals surface area contributed by atoms with E-state index in [1.54, 1.807) is 4.90 Å². The minimum absolute atomic E-state index is 0.242. The first-order chi connectivity index (χ1) is 8.56. The third-order valence-corrected chi connectivity index (χ3v) is 3.40. The Morgan fingerprint density at radius 3 is 2.67 bits per heavy atom. The summed E-state index contributed by atoms with van der Waals surface area (Å²) < 4.78 is 0. The molecule has 1 aliphatic heterocycles. The lowest BCUT2D eigenvalue weighted by Crippen LogP contribution is -2.50. The highest BCUT2D eigenvalue weighted by molar-refractivity contribution is 6.35. The first-order valence-corrected chi connectivity index (χ1v) is 6.79. The van der Waals surface area contributed by atoms with Gasteiger partial charge in [0.25, 0.3) is 0 Å². The van der Waals surface area contributed by atoms with Gasteiger partial charge < -0.3 is 15.1 Å². The van der Waals surface area contributed by atoms with Gasteiger partial charge in [-0.25, -0.2) is 0 Å². The number of likely N-dealkylation sites (tertiary alicyclic amines) is 1. The Balaban J connectivity index is 2.43. The van der Waals surface area contributed by atoms with Gasteiger partial charge in [-0.1, -0.05) is 6.92 Å². The average Bonchev–Trinajstić information content (AvgIpc) is 2.37. The lowest BCUT2D eigenvalue weighted by atomic mass is 10.00. The number of rotatable bonds is 4. The summed E-state index contributed by atoms with van der Waals surface area (Å²) in [7, 11) is 3.87. The monoisotopic (exact) mass is 255 g/mol. The quantitative estimate of drug-likeness (QED) is 0.742. The zero-order chi connectivity index (χ0) is 13.5. The zero-order valence-electron chi connectivity index (χ0n) is 11.7. The van der Waals surface area contributed by atoms with Crippen LogP contribution in [0.2, 0.25) is 0 Å². The van der Waals surface area contributed by atoms with Crippen molar-refractivity contribution in [1.82, 2.24) is 15.1 Å². The first kappa shape index (κ1) is 15.0. The number of piperidine rings is 1. The molecular weight excluding hydrogens is 230 g/mol. The van der Waals surface area contributed by atoms with Gasteiger partial charge in [-0.2, -0.15) is 0 Å². The molecule has 0 aromatic carbocycles. The molecule has 0 aromatic rings. The van der Waals surface area contributed by atoms with Crippen LogP contribution in [0.5, 0.6) is 0 Å². The minimum Gasteiger partial charge on any atom is -0.347 e. The van der Waals surface area contributed by atoms with Crippen molar-refractivity contribution in [2.45, 2.75) is 38.6 Å². The number of carbonyl (C=O) groups is 2. The van der Waals surface area contributed by atoms with Gasteiger partial charge in [0, 0.05) is 25.7 Å². The first-order valence-electron chi connectivity index (χ1n) is 6.79. The summed E-state index contributed by atoms with van der Waals surface area (Å²) in [6.07, 6.45) is 4.11. The third kappa shape index (κ3) is 4.29. The second-order valence-electron chi connectivity index (χ2n) is 5.12. The van der Waals surface area contributed by atoms with Crippen LogP contribution in [0, 0.1) is 0 Å². The van der Waals surface area contributed by atoms with Gasteiger partial charge in [0.15, 0.2) is 0 Å². The molecule has 5 nitrogen and oxygen atoms in total. The molecule has 5 heteroatoms. The number of nitrogens with zero attached hydrogens (tertiary/aromatic N) is 2. The van der Waals surface area contributed by atoms with Gasteiger partial charge in [0.1, 0.15) is 0 Å². The van der Waals surface area contributed by atoms with E-state index < -0.39 is 5.91 Å². The number of nitrogens with one attached hydrogen (secondary N) is 1. The highest BCUT2D eigenvalue weighted by Crippen LogP contribution is 2.19. The molecule has 1 fully saturated rings. The van der Waals surface area contributed by atoms with Gasteiger partial charge in [-0.15, -0.1) is 0 Å². The Morgan fingerprint density at radius 2 is 2.06 bits per heavy atom. The summed E-state index contributed by atoms with van der Waals surface area (Å²) >= 11 is 0. The normalized spacial score (nSPS) is 20.0. The van der Waals surface area contributed by atoms with Crippen molar-refractivity contribution in [3.05, 3.63) is 0 Å². The summed E-state index contributed by atoms with van der Waals surface area (Å²) in [4.78, 5) is 27.5. The predicted molar refractivity (Wildman–Crippen MR) is 71.2 cm³/mol. The third-order valence-electron chi connectivity index (χ3n) is 3.40. The van der Waals surface area contributed by atoms with Crippen molar-refractivity contribution in [2.75, 3.05) is 33.7 Å². The Kier molecular flexibility index (Phi) is 6.12. The lowest BCUT2D eigenvalue weighted by Gasteiger charge is -2.34. The van der Waals surface area contributed by atoms with E-state index in [0.29, 0.717) is 6.54 Å². The van der Waals surface area contributed by atoms with E-state index in [9.17, 15) is 9.59 Å². The Morgan fingerprint density at radius 1 is 1.33 bits per heavy atom. The molecule has 0 aliphatic carbocycles. The molecular formula is C13H25N3O2. The van der Waals surface area contributed by atoms with Crippen LogP contribution in [0.25, 0.3) is 0 Å². The average molecular weight is 255 g/mol. The van der Waals surface area contributed by atoms with E-state index in [1.807, 2.05) is 19.0 Å². The molecule has 104 valence electrons. The molecule has 18 heavy (non-hydrogen) atoms. The summed E-state index contributed by atoms with van der Waals surface area (Å²) in [5, 5.41) is 2.68. The van der Waals surface area contributed by atoms with Crippen molar-refractivity contribution < 1.29 is 9.59 Å². The van der Waals surface area contributed by atoms with E-state index in [1.165, 1.54) is 0 Å². The Bertz CT molecular complexity index is 292. The Hall–Kier alpha value is -1.10. The zero-order valence-corrected chi connectivity index (χ0v) is 11.7. The van der Waals surface area contributed by atoms with Gasteiger partial charge in [-0.3, -0.25) is 9.59 Å². The van der Waals surface area contributed by atoms with Gasteiger partial charge in [0.05, 0.1) is 0 Å². The number of carbonyl (C=O) groups excluding carboxylic acids is 2. The van der Waals surface area contributed by atoms with E-state index in [4.69, 9.17) is 0 Å². The fourth-order valence-corrected chi connectivity index (χ4v) is 2.29. The van der Waals surface area contributed by atoms with Crippen molar-refractivity contribution in [3.63, 3.8) is 0 Å². The fraction of sp³-hybridized carbons (Fsp3) is 0.846. The van der Waals surface area contributed by atoms with Crippen LogP contribution in [0.1, 0.15) is 32.6 Å². The second kappa shape index (κ2) is 7.36. The largest absolute Gasteiger partial charge is 0.347 e. The molecule has 1 aliphatic rings. The summed E-state index contributed by atoms with van der Waals surface area (Å²) in [6, 6.07) is 0.242. The number of hydrogen-bond donors (Lipinski definition) is 1. The smallest absolute Gasteiger partial charge is 0.312 e. The number of hydrogen-bond acceptors (Lipinski definition) is 3. The van der Waals surface area contributed by atoms with Gasteiger partial charge >= 0.3 is 11.8 Å². The summed E-state index contributed by atoms with van der Waals surface area (Å²) in [6.45, 7) is 4.05. The molecule has 0 saturated carbocycles. The van der Waals surface area contributed by atoms with Crippen LogP contribution in [0.3, 0.4) is 0 Å². The Labute approximate surface area is 110 Å². The highest BCUT2D eigenvalue weighted by atomic mass is 16.2. The minimum atomic E-state index is -0.461. The van der Waals surface area contributed by atoms with E-state index >= 15 is 0 Å². The topological polar surface area (TPSA) is 52.7 Å². The van der Waals surface area contributed by atoms with E-state index in [2.05, 4.69) is 12.2 Å². The predicted octanol–water partition coefficient (Wildman–Crippen LogP) is 0.455. The van der Waals surface area contributed by atoms with Crippen LogP contribution >= 0.6 is 0 Å². The molecule has 1 atom stereocenters. The maximum absolute atomic E-state index is 12.0. The molecule has 1 N–H and O–H groups in total. The highest BCUT2D eigenvalue weighted by Gasteiger charge is 2.29. The summed E-state index contributed by atoms with van der Waals surface area (Å²) in [5.41, 5.74) is 0. The lowest BCUT2D eigenvalue weighted by molar-refractivity contribution is -0.148. The van der Waals surface area contributed by atoms with Crippen molar-refractivity contribution in [3.8, 4) is 0 Å². The number of amides is 2. The molecule has 0 radical (unpaired) electrons. The number of likely N-dealkylation sites (N-methyl/N-ethyl adjacent to an activating group) is 1. The van der Waals surface area contributed by atoms with Crippen LogP contribution < -0.4 is 5.32 Å². The van der Waals surface area contributed by atoms with Crippen molar-refractivity contribution >= 4 is 11.8 Å². The summed E-state index contributed by atoms with van der Waals surface area (Å²) in [5.74, 6) is -0.822. The van der Waals surface area contributed by atoms with E-state index in [-0.39, 0.29) is 11.9 Å². The molecule has 0 bridgehead atoms. The van der Waals surface area contributed by atoms with Crippen molar-refractivity contribution in [1.29, 1.82) is 0 Å². The SMILES string of the molecule is CCC1CCCCN1C(=O)C(=O)NCCN(C)C. The van der Waals surface area contributed by atoms with Crippen molar-refractivity contribution in [2.24, 2.45) is 0 Å². The standard InChI is InChI=1S/C13H25N3O2/c1-4-11-7-5-6-9-16(11)13(18)12(17)14-8-10-15(2)3/h11H,4-10H2,1-3H3,(H,14,17). The molecule has 1 rings (SSSR count). The molecule has 1 unspecified atom stereocenters. The molecule has 2 amide bonds.